The third kappa shape index (κ3) is 2.49. The van der Waals surface area contributed by atoms with E-state index in [0.717, 1.165) is 12.8 Å². The lowest BCUT2D eigenvalue weighted by Gasteiger charge is -2.16. The van der Waals surface area contributed by atoms with Crippen LogP contribution in [0.25, 0.3) is 0 Å². The maximum absolute atomic E-state index is 11.2. The van der Waals surface area contributed by atoms with E-state index in [4.69, 9.17) is 4.74 Å². The van der Waals surface area contributed by atoms with Crippen LogP contribution in [0.3, 0.4) is 0 Å². The van der Waals surface area contributed by atoms with Crippen molar-refractivity contribution in [1.29, 1.82) is 0 Å². The average molecular weight is 287 g/mol. The second-order valence-corrected chi connectivity index (χ2v) is 5.36. The van der Waals surface area contributed by atoms with Crippen molar-refractivity contribution < 1.29 is 9.66 Å². The topological polar surface area (TPSA) is 70.2 Å². The molecule has 0 aliphatic heterocycles. The lowest BCUT2D eigenvalue weighted by molar-refractivity contribution is -0.386. The van der Waals surface area contributed by atoms with E-state index < -0.39 is 4.92 Å². The molecule has 6 nitrogen and oxygen atoms in total. The maximum atomic E-state index is 11.2. The number of aryl methyl sites for hydroxylation is 4. The third-order valence-corrected chi connectivity index (χ3v) is 3.86. The van der Waals surface area contributed by atoms with Gasteiger partial charge in [0.25, 0.3) is 5.88 Å². The number of fused-ring (bicyclic) bond motifs is 1. The second kappa shape index (κ2) is 5.20. The zero-order valence-corrected chi connectivity index (χ0v) is 12.1. The molecule has 110 valence electrons. The number of hydrogen-bond acceptors (Lipinski definition) is 4. The molecule has 0 radical (unpaired) electrons. The molecule has 0 N–H and O–H groups in total. The van der Waals surface area contributed by atoms with Crippen molar-refractivity contribution in [2.24, 2.45) is 7.05 Å². The predicted octanol–water partition coefficient (Wildman–Crippen LogP) is 3.31. The first-order chi connectivity index (χ1) is 10.1. The van der Waals surface area contributed by atoms with Gasteiger partial charge in [0.1, 0.15) is 11.4 Å². The molecule has 1 aliphatic carbocycles. The fraction of sp³-hybridized carbons (Fsp3) is 0.400. The lowest BCUT2D eigenvalue weighted by atomic mass is 9.92. The van der Waals surface area contributed by atoms with Crippen LogP contribution in [0.15, 0.2) is 18.2 Å². The van der Waals surface area contributed by atoms with E-state index in [0.29, 0.717) is 11.4 Å². The molecule has 3 rings (SSSR count). The number of benzene rings is 1. The zero-order chi connectivity index (χ0) is 15.0. The molecule has 1 heterocycles. The normalized spacial score (nSPS) is 13.8. The molecule has 1 aromatic heterocycles. The molecule has 0 spiro atoms. The molecule has 0 fully saturated rings. The highest BCUT2D eigenvalue weighted by Gasteiger charge is 2.26. The van der Waals surface area contributed by atoms with E-state index in [1.54, 1.807) is 14.0 Å². The fourth-order valence-electron chi connectivity index (χ4n) is 2.84. The van der Waals surface area contributed by atoms with Gasteiger partial charge in [-0.05, 0) is 55.9 Å². The molecule has 0 saturated heterocycles. The first-order valence-electron chi connectivity index (χ1n) is 7.04. The van der Waals surface area contributed by atoms with Gasteiger partial charge in [-0.1, -0.05) is 6.07 Å². The molecule has 0 amide bonds. The van der Waals surface area contributed by atoms with Crippen molar-refractivity contribution >= 4 is 5.69 Å². The summed E-state index contributed by atoms with van der Waals surface area (Å²) in [4.78, 5) is 10.7. The van der Waals surface area contributed by atoms with Crippen LogP contribution in [-0.4, -0.2) is 14.7 Å². The lowest BCUT2D eigenvalue weighted by Crippen LogP contribution is -2.03. The average Bonchev–Trinajstić information content (AvgIpc) is 2.73. The van der Waals surface area contributed by atoms with Gasteiger partial charge in [-0.3, -0.25) is 10.1 Å². The predicted molar refractivity (Wildman–Crippen MR) is 77.8 cm³/mol. The van der Waals surface area contributed by atoms with Gasteiger partial charge in [0.2, 0.25) is 0 Å². The van der Waals surface area contributed by atoms with E-state index in [9.17, 15) is 10.1 Å². The van der Waals surface area contributed by atoms with Crippen LogP contribution < -0.4 is 4.74 Å². The van der Waals surface area contributed by atoms with Crippen molar-refractivity contribution in [2.45, 2.75) is 32.6 Å². The van der Waals surface area contributed by atoms with Crippen LogP contribution in [0.1, 0.15) is 29.7 Å². The molecular weight excluding hydrogens is 270 g/mol. The first-order valence-corrected chi connectivity index (χ1v) is 7.04. The Labute approximate surface area is 122 Å². The smallest absolute Gasteiger partial charge is 0.353 e. The van der Waals surface area contributed by atoms with Gasteiger partial charge in [0.15, 0.2) is 0 Å². The number of rotatable bonds is 3. The second-order valence-electron chi connectivity index (χ2n) is 5.36. The number of hydrogen-bond donors (Lipinski definition) is 0. The van der Waals surface area contributed by atoms with E-state index in [1.807, 2.05) is 12.1 Å². The van der Waals surface area contributed by atoms with Gasteiger partial charge in [0.05, 0.1) is 4.92 Å². The van der Waals surface area contributed by atoms with E-state index in [2.05, 4.69) is 11.2 Å². The Morgan fingerprint density at radius 2 is 2.00 bits per heavy atom. The molecule has 2 aromatic rings. The van der Waals surface area contributed by atoms with Gasteiger partial charge in [-0.2, -0.15) is 5.10 Å². The summed E-state index contributed by atoms with van der Waals surface area (Å²) in [7, 11) is 1.65. The molecule has 1 aliphatic rings. The Bertz CT molecular complexity index is 706. The molecule has 21 heavy (non-hydrogen) atoms. The number of nitrogens with zero attached hydrogens (tertiary/aromatic N) is 3. The van der Waals surface area contributed by atoms with E-state index in [-0.39, 0.29) is 11.6 Å². The fourth-order valence-corrected chi connectivity index (χ4v) is 2.84. The van der Waals surface area contributed by atoms with Crippen molar-refractivity contribution in [3.63, 3.8) is 0 Å². The minimum absolute atomic E-state index is 0.0739. The summed E-state index contributed by atoms with van der Waals surface area (Å²) in [5.74, 6) is 0.801. The highest BCUT2D eigenvalue weighted by atomic mass is 16.6. The summed E-state index contributed by atoms with van der Waals surface area (Å²) >= 11 is 0. The van der Waals surface area contributed by atoms with Crippen LogP contribution >= 0.6 is 0 Å². The summed E-state index contributed by atoms with van der Waals surface area (Å²) in [6, 6.07) is 5.91. The molecule has 0 unspecified atom stereocenters. The van der Waals surface area contributed by atoms with Crippen LogP contribution in [-0.2, 0) is 19.9 Å². The molecule has 0 saturated carbocycles. The van der Waals surface area contributed by atoms with Gasteiger partial charge in [0, 0.05) is 7.05 Å². The highest BCUT2D eigenvalue weighted by molar-refractivity contribution is 5.48. The minimum atomic E-state index is -0.448. The van der Waals surface area contributed by atoms with E-state index in [1.165, 1.54) is 28.7 Å². The van der Waals surface area contributed by atoms with Gasteiger partial charge < -0.3 is 4.74 Å². The van der Waals surface area contributed by atoms with E-state index >= 15 is 0 Å². The van der Waals surface area contributed by atoms with Crippen LogP contribution in [0, 0.1) is 17.0 Å². The number of nitro groups is 1. The summed E-state index contributed by atoms with van der Waals surface area (Å²) in [6.45, 7) is 1.61. The Hall–Kier alpha value is -2.37. The Morgan fingerprint density at radius 3 is 2.71 bits per heavy atom. The monoisotopic (exact) mass is 287 g/mol. The molecule has 0 bridgehead atoms. The van der Waals surface area contributed by atoms with Crippen molar-refractivity contribution in [1.82, 2.24) is 9.78 Å². The zero-order valence-electron chi connectivity index (χ0n) is 12.1. The summed E-state index contributed by atoms with van der Waals surface area (Å²) < 4.78 is 7.16. The third-order valence-electron chi connectivity index (χ3n) is 3.86. The van der Waals surface area contributed by atoms with Gasteiger partial charge in [-0.15, -0.1) is 0 Å². The summed E-state index contributed by atoms with van der Waals surface area (Å²) in [6.07, 6.45) is 4.54. The highest BCUT2D eigenvalue weighted by Crippen LogP contribution is 2.35. The Kier molecular flexibility index (Phi) is 3.37. The maximum Gasteiger partial charge on any atom is 0.353 e. The molecule has 6 heteroatoms. The van der Waals surface area contributed by atoms with Crippen LogP contribution in [0.4, 0.5) is 5.69 Å². The standard InChI is InChI=1S/C15H17N3O3/c1-10-14(18(19)20)15(17(2)16-10)21-13-8-7-11-5-3-4-6-12(11)9-13/h7-9H,3-6H2,1-2H3. The first kappa shape index (κ1) is 13.6. The largest absolute Gasteiger partial charge is 0.434 e. The SMILES string of the molecule is Cc1nn(C)c(Oc2ccc3c(c2)CCCC3)c1[N+](=O)[O-]. The van der Waals surface area contributed by atoms with Crippen molar-refractivity contribution in [3.8, 4) is 11.6 Å². The van der Waals surface area contributed by atoms with Crippen LogP contribution in [0.2, 0.25) is 0 Å². The Balaban J connectivity index is 1.95. The van der Waals surface area contributed by atoms with Crippen molar-refractivity contribution in [2.75, 3.05) is 0 Å². The number of ether oxygens (including phenoxy) is 1. The Morgan fingerprint density at radius 1 is 1.29 bits per heavy atom. The van der Waals surface area contributed by atoms with Crippen molar-refractivity contribution in [3.05, 3.63) is 45.1 Å². The molecule has 1 aromatic carbocycles. The quantitative estimate of drug-likeness (QED) is 0.641. The molecular formula is C15H17N3O3. The summed E-state index contributed by atoms with van der Waals surface area (Å²) in [5.41, 5.74) is 2.91. The molecule has 0 atom stereocenters. The van der Waals surface area contributed by atoms with Gasteiger partial charge in [-0.25, -0.2) is 4.68 Å². The summed E-state index contributed by atoms with van der Waals surface area (Å²) in [5, 5.41) is 15.2. The van der Waals surface area contributed by atoms with Gasteiger partial charge >= 0.3 is 5.69 Å². The minimum Gasteiger partial charge on any atom is -0.434 e. The van der Waals surface area contributed by atoms with Crippen LogP contribution in [0.5, 0.6) is 11.6 Å². The number of aromatic nitrogens is 2.